The van der Waals surface area contributed by atoms with E-state index in [9.17, 15) is 10.1 Å². The summed E-state index contributed by atoms with van der Waals surface area (Å²) in [4.78, 5) is 15.5. The molecule has 0 amide bonds. The van der Waals surface area contributed by atoms with Crippen molar-refractivity contribution in [3.8, 4) is 11.8 Å². The number of nitrogens with zero attached hydrogens (tertiary/aromatic N) is 2. The minimum absolute atomic E-state index is 0.0833. The lowest BCUT2D eigenvalue weighted by molar-refractivity contribution is -0.118. The highest BCUT2D eigenvalue weighted by molar-refractivity contribution is 6.01. The number of anilines is 1. The molecular formula is C27H29N3O2. The molecule has 1 unspecified atom stereocenters. The zero-order valence-corrected chi connectivity index (χ0v) is 19.3. The topological polar surface area (TPSA) is 79.3 Å². The van der Waals surface area contributed by atoms with Gasteiger partial charge in [-0.1, -0.05) is 37.6 Å². The second-order valence-electron chi connectivity index (χ2n) is 9.54. The van der Waals surface area contributed by atoms with E-state index in [1.807, 2.05) is 55.1 Å². The number of nitriles is 1. The van der Waals surface area contributed by atoms with Gasteiger partial charge < -0.3 is 10.5 Å². The van der Waals surface area contributed by atoms with E-state index >= 15 is 0 Å². The monoisotopic (exact) mass is 427 g/mol. The molecule has 0 aromatic heterocycles. The van der Waals surface area contributed by atoms with Gasteiger partial charge in [0.2, 0.25) is 0 Å². The highest BCUT2D eigenvalue weighted by Gasteiger charge is 2.44. The second kappa shape index (κ2) is 7.87. The number of allylic oxidation sites excluding steroid dienone is 3. The van der Waals surface area contributed by atoms with Gasteiger partial charge in [-0.05, 0) is 61.1 Å². The molecule has 0 saturated heterocycles. The summed E-state index contributed by atoms with van der Waals surface area (Å²) in [6, 6.07) is 16.0. The maximum absolute atomic E-state index is 13.6. The van der Waals surface area contributed by atoms with Gasteiger partial charge in [-0.25, -0.2) is 0 Å². The number of hydrogen-bond donors (Lipinski definition) is 1. The third-order valence-corrected chi connectivity index (χ3v) is 6.45. The van der Waals surface area contributed by atoms with Crippen LogP contribution in [-0.2, 0) is 4.79 Å². The summed E-state index contributed by atoms with van der Waals surface area (Å²) in [7, 11) is 1.62. The zero-order valence-electron chi connectivity index (χ0n) is 19.3. The smallest absolute Gasteiger partial charge is 0.162 e. The van der Waals surface area contributed by atoms with Crippen LogP contribution in [0.2, 0.25) is 0 Å². The first-order valence-electron chi connectivity index (χ1n) is 10.8. The molecule has 5 nitrogen and oxygen atoms in total. The first kappa shape index (κ1) is 21.7. The Morgan fingerprint density at radius 2 is 1.81 bits per heavy atom. The molecule has 4 rings (SSSR count). The van der Waals surface area contributed by atoms with Crippen molar-refractivity contribution in [3.63, 3.8) is 0 Å². The lowest BCUT2D eigenvalue weighted by atomic mass is 9.68. The minimum atomic E-state index is -0.450. The van der Waals surface area contributed by atoms with Crippen molar-refractivity contribution >= 4 is 11.5 Å². The SMILES string of the molecule is COc1ccc(N2C(N)=C(C#N)C(c3ccc(C)cc3C)C3=C2CC(C)(C)CC3=O)cc1. The third-order valence-electron chi connectivity index (χ3n) is 6.45. The largest absolute Gasteiger partial charge is 0.497 e. The number of nitrogens with two attached hydrogens (primary N) is 1. The van der Waals surface area contributed by atoms with Crippen molar-refractivity contribution in [1.82, 2.24) is 0 Å². The van der Waals surface area contributed by atoms with Crippen LogP contribution in [0.3, 0.4) is 0 Å². The van der Waals surface area contributed by atoms with Gasteiger partial charge in [-0.15, -0.1) is 0 Å². The number of carbonyl (C=O) groups excluding carboxylic acids is 1. The Morgan fingerprint density at radius 3 is 2.41 bits per heavy atom. The fourth-order valence-electron chi connectivity index (χ4n) is 5.00. The number of benzene rings is 2. The average molecular weight is 428 g/mol. The van der Waals surface area contributed by atoms with E-state index in [2.05, 4.69) is 26.0 Å². The molecular weight excluding hydrogens is 398 g/mol. The molecule has 5 heteroatoms. The van der Waals surface area contributed by atoms with Crippen molar-refractivity contribution in [1.29, 1.82) is 5.26 Å². The highest BCUT2D eigenvalue weighted by atomic mass is 16.5. The summed E-state index contributed by atoms with van der Waals surface area (Å²) < 4.78 is 5.30. The van der Waals surface area contributed by atoms with Gasteiger partial charge in [0, 0.05) is 23.4 Å². The van der Waals surface area contributed by atoms with Gasteiger partial charge in [0.25, 0.3) is 0 Å². The van der Waals surface area contributed by atoms with Gasteiger partial charge in [0.1, 0.15) is 11.6 Å². The number of ether oxygens (including phenoxy) is 1. The molecule has 0 radical (unpaired) electrons. The number of Topliss-reactive ketones (excluding diaryl/α,β-unsaturated/α-hetero) is 1. The molecule has 32 heavy (non-hydrogen) atoms. The van der Waals surface area contributed by atoms with Crippen LogP contribution >= 0.6 is 0 Å². The van der Waals surface area contributed by atoms with Crippen molar-refractivity contribution in [2.75, 3.05) is 12.0 Å². The standard InChI is InChI=1S/C27H29N3O2/c1-16-6-11-20(17(2)12-16)24-21(15-28)26(29)30(18-7-9-19(32-5)10-8-18)22-13-27(3,4)14-23(31)25(22)24/h6-12,24H,13-14,29H2,1-5H3. The summed E-state index contributed by atoms with van der Waals surface area (Å²) >= 11 is 0. The van der Waals surface area contributed by atoms with Crippen LogP contribution in [0, 0.1) is 30.6 Å². The van der Waals surface area contributed by atoms with E-state index in [1.54, 1.807) is 7.11 Å². The van der Waals surface area contributed by atoms with Crippen molar-refractivity contribution in [2.45, 2.75) is 46.5 Å². The van der Waals surface area contributed by atoms with Crippen LogP contribution in [0.5, 0.6) is 5.75 Å². The molecule has 0 fully saturated rings. The molecule has 1 heterocycles. The molecule has 164 valence electrons. The molecule has 0 bridgehead atoms. The Balaban J connectivity index is 1.99. The first-order valence-corrected chi connectivity index (χ1v) is 10.8. The van der Waals surface area contributed by atoms with E-state index < -0.39 is 5.92 Å². The Kier molecular flexibility index (Phi) is 5.34. The number of aryl methyl sites for hydroxylation is 2. The number of carbonyl (C=O) groups is 1. The summed E-state index contributed by atoms with van der Waals surface area (Å²) in [5.74, 6) is 0.747. The van der Waals surface area contributed by atoms with Gasteiger partial charge in [0.05, 0.1) is 24.7 Å². The Hall–Kier alpha value is -3.52. The summed E-state index contributed by atoms with van der Waals surface area (Å²) in [5, 5.41) is 10.2. The maximum atomic E-state index is 13.6. The van der Waals surface area contributed by atoms with Crippen molar-refractivity contribution in [2.24, 2.45) is 11.1 Å². The van der Waals surface area contributed by atoms with Gasteiger partial charge in [-0.2, -0.15) is 5.26 Å². The Labute approximate surface area is 189 Å². The quantitative estimate of drug-likeness (QED) is 0.723. The average Bonchev–Trinajstić information content (AvgIpc) is 2.72. The molecule has 1 aliphatic heterocycles. The normalized spacial score (nSPS) is 20.2. The predicted octanol–water partition coefficient (Wildman–Crippen LogP) is 5.25. The summed E-state index contributed by atoms with van der Waals surface area (Å²) in [6.45, 7) is 8.28. The number of hydrogen-bond acceptors (Lipinski definition) is 5. The van der Waals surface area contributed by atoms with Crippen LogP contribution in [0.4, 0.5) is 5.69 Å². The third kappa shape index (κ3) is 3.56. The molecule has 0 saturated carbocycles. The Bertz CT molecular complexity index is 1200. The fraction of sp³-hybridized carbons (Fsp3) is 0.333. The molecule has 1 aliphatic carbocycles. The van der Waals surface area contributed by atoms with Crippen LogP contribution in [0.1, 0.15) is 49.3 Å². The minimum Gasteiger partial charge on any atom is -0.497 e. The van der Waals surface area contributed by atoms with Crippen LogP contribution in [-0.4, -0.2) is 12.9 Å². The molecule has 2 N–H and O–H groups in total. The van der Waals surface area contributed by atoms with E-state index in [4.69, 9.17) is 10.5 Å². The number of methoxy groups -OCH3 is 1. The van der Waals surface area contributed by atoms with Crippen molar-refractivity contribution in [3.05, 3.63) is 81.8 Å². The number of rotatable bonds is 3. The van der Waals surface area contributed by atoms with Crippen LogP contribution in [0.25, 0.3) is 0 Å². The zero-order chi connectivity index (χ0) is 23.2. The van der Waals surface area contributed by atoms with E-state index in [-0.39, 0.29) is 11.2 Å². The number of ketones is 1. The van der Waals surface area contributed by atoms with Crippen LogP contribution < -0.4 is 15.4 Å². The molecule has 2 aromatic carbocycles. The lowest BCUT2D eigenvalue weighted by Crippen LogP contribution is -2.42. The predicted molar refractivity (Wildman–Crippen MR) is 126 cm³/mol. The van der Waals surface area contributed by atoms with E-state index in [0.717, 1.165) is 33.8 Å². The maximum Gasteiger partial charge on any atom is 0.162 e. The fourth-order valence-corrected chi connectivity index (χ4v) is 5.00. The first-order chi connectivity index (χ1) is 15.2. The molecule has 2 aromatic rings. The molecule has 0 spiro atoms. The van der Waals surface area contributed by atoms with Gasteiger partial charge >= 0.3 is 0 Å². The Morgan fingerprint density at radius 1 is 1.12 bits per heavy atom. The molecule has 2 aliphatic rings. The van der Waals surface area contributed by atoms with Crippen LogP contribution in [0.15, 0.2) is 65.1 Å². The van der Waals surface area contributed by atoms with Crippen molar-refractivity contribution < 1.29 is 9.53 Å². The summed E-state index contributed by atoms with van der Waals surface area (Å²) in [6.07, 6.45) is 1.14. The molecule has 1 atom stereocenters. The van der Waals surface area contributed by atoms with E-state index in [0.29, 0.717) is 29.8 Å². The highest BCUT2D eigenvalue weighted by Crippen LogP contribution is 2.50. The summed E-state index contributed by atoms with van der Waals surface area (Å²) in [5.41, 5.74) is 12.5. The van der Waals surface area contributed by atoms with E-state index in [1.165, 1.54) is 0 Å². The second-order valence-corrected chi connectivity index (χ2v) is 9.54. The van der Waals surface area contributed by atoms with Gasteiger partial charge in [0.15, 0.2) is 5.78 Å². The van der Waals surface area contributed by atoms with Gasteiger partial charge in [-0.3, -0.25) is 9.69 Å². The lowest BCUT2D eigenvalue weighted by Gasteiger charge is -2.44.